The van der Waals surface area contributed by atoms with Gasteiger partial charge in [0.15, 0.2) is 6.61 Å². The Morgan fingerprint density at radius 2 is 1.86 bits per heavy atom. The number of piperazine rings is 1. The predicted octanol–water partition coefficient (Wildman–Crippen LogP) is 1.43. The molecule has 2 fully saturated rings. The summed E-state index contributed by atoms with van der Waals surface area (Å²) in [7, 11) is -3.77. The van der Waals surface area contributed by atoms with Crippen LogP contribution in [0.5, 0.6) is 5.75 Å². The van der Waals surface area contributed by atoms with Crippen LogP contribution in [0.25, 0.3) is 0 Å². The number of ether oxygens (including phenoxy) is 1. The van der Waals surface area contributed by atoms with Crippen LogP contribution in [0.3, 0.4) is 0 Å². The number of rotatable bonds is 3. The number of anilines is 1. The second-order valence-corrected chi connectivity index (χ2v) is 10.8. The number of amides is 2. The monoisotopic (exact) mass is 447 g/mol. The molecule has 1 saturated carbocycles. The first-order valence-electron chi connectivity index (χ1n) is 8.79. The van der Waals surface area contributed by atoms with Crippen LogP contribution in [0.4, 0.5) is 5.69 Å². The van der Waals surface area contributed by atoms with E-state index < -0.39 is 19.8 Å². The molecule has 2 heterocycles. The average Bonchev–Trinajstić information content (AvgIpc) is 3.19. The molecule has 0 bridgehead atoms. The maximum Gasteiger partial charge on any atom is 0.262 e. The summed E-state index contributed by atoms with van der Waals surface area (Å²) in [5.41, 5.74) is -0.484. The second kappa shape index (κ2) is 6.48. The maximum absolute atomic E-state index is 13.0. The topological polar surface area (TPSA) is 96.0 Å². The van der Waals surface area contributed by atoms with Gasteiger partial charge in [0.2, 0.25) is 15.9 Å². The molecular weight excluding hydrogens is 429 g/mol. The van der Waals surface area contributed by atoms with Gasteiger partial charge in [-0.3, -0.25) is 9.59 Å². The molecule has 1 saturated heterocycles. The van der Waals surface area contributed by atoms with Crippen molar-refractivity contribution in [1.82, 2.24) is 9.21 Å². The van der Waals surface area contributed by atoms with Gasteiger partial charge in [-0.05, 0) is 31.5 Å². The SMILES string of the molecule is CC1(C(=O)N2CCN(S(=O)(=O)c3ccc4c(c3)NC(=O)CO4)CC2)CC1(Cl)Cl. The molecule has 1 atom stereocenters. The van der Waals surface area contributed by atoms with Gasteiger partial charge in [-0.25, -0.2) is 8.42 Å². The fourth-order valence-electron chi connectivity index (χ4n) is 3.48. The normalized spacial score (nSPS) is 26.8. The lowest BCUT2D eigenvalue weighted by atomic mass is 10.1. The predicted molar refractivity (Wildman–Crippen MR) is 103 cm³/mol. The Bertz CT molecular complexity index is 960. The highest BCUT2D eigenvalue weighted by molar-refractivity contribution is 7.89. The maximum atomic E-state index is 13.0. The Hall–Kier alpha value is -1.55. The molecule has 0 radical (unpaired) electrons. The molecule has 3 aliphatic rings. The van der Waals surface area contributed by atoms with Crippen molar-refractivity contribution in [2.75, 3.05) is 38.1 Å². The Morgan fingerprint density at radius 1 is 1.21 bits per heavy atom. The third-order valence-electron chi connectivity index (χ3n) is 5.48. The molecular formula is C17H19Cl2N3O5S. The zero-order chi connectivity index (χ0) is 20.3. The van der Waals surface area contributed by atoms with Gasteiger partial charge in [0.1, 0.15) is 10.1 Å². The van der Waals surface area contributed by atoms with E-state index in [0.29, 0.717) is 17.9 Å². The van der Waals surface area contributed by atoms with E-state index in [1.807, 2.05) is 0 Å². The molecule has 28 heavy (non-hydrogen) atoms. The molecule has 4 rings (SSSR count). The van der Waals surface area contributed by atoms with Crippen molar-refractivity contribution in [3.05, 3.63) is 18.2 Å². The lowest BCUT2D eigenvalue weighted by Gasteiger charge is -2.35. The minimum absolute atomic E-state index is 0.0616. The molecule has 2 amide bonds. The first-order chi connectivity index (χ1) is 13.0. The molecule has 152 valence electrons. The third kappa shape index (κ3) is 3.14. The van der Waals surface area contributed by atoms with Crippen molar-refractivity contribution in [1.29, 1.82) is 0 Å². The van der Waals surface area contributed by atoms with Crippen LogP contribution in [-0.4, -0.2) is 66.6 Å². The summed E-state index contributed by atoms with van der Waals surface area (Å²) in [5.74, 6) is -0.0575. The molecule has 11 heteroatoms. The number of nitrogens with one attached hydrogen (secondary N) is 1. The van der Waals surface area contributed by atoms with Gasteiger partial charge in [-0.15, -0.1) is 23.2 Å². The summed E-state index contributed by atoms with van der Waals surface area (Å²) in [6.07, 6.45) is 0.392. The zero-order valence-corrected chi connectivity index (χ0v) is 17.4. The van der Waals surface area contributed by atoms with Gasteiger partial charge >= 0.3 is 0 Å². The van der Waals surface area contributed by atoms with Crippen LogP contribution in [0.15, 0.2) is 23.1 Å². The van der Waals surface area contributed by atoms with E-state index in [9.17, 15) is 18.0 Å². The molecule has 1 aliphatic carbocycles. The highest BCUT2D eigenvalue weighted by Gasteiger charge is 2.68. The molecule has 1 aromatic carbocycles. The number of sulfonamides is 1. The molecule has 1 N–H and O–H groups in total. The van der Waals surface area contributed by atoms with Gasteiger partial charge in [0, 0.05) is 26.2 Å². The molecule has 0 aromatic heterocycles. The van der Waals surface area contributed by atoms with E-state index in [4.69, 9.17) is 27.9 Å². The number of carbonyl (C=O) groups is 2. The number of alkyl halides is 2. The Morgan fingerprint density at radius 3 is 2.46 bits per heavy atom. The first kappa shape index (κ1) is 19.8. The van der Waals surface area contributed by atoms with Crippen molar-refractivity contribution in [3.63, 3.8) is 0 Å². The molecule has 0 spiro atoms. The van der Waals surface area contributed by atoms with Gasteiger partial charge in [-0.1, -0.05) is 0 Å². The standard InChI is InChI=1S/C17H19Cl2N3O5S/c1-16(10-17(16,18)19)15(24)21-4-6-22(7-5-21)28(25,26)11-2-3-13-12(8-11)20-14(23)9-27-13/h2-3,8H,4-7,9-10H2,1H3,(H,20,23). The van der Waals surface area contributed by atoms with Crippen molar-refractivity contribution in [2.45, 2.75) is 22.6 Å². The van der Waals surface area contributed by atoms with Crippen molar-refractivity contribution >= 4 is 50.7 Å². The van der Waals surface area contributed by atoms with E-state index >= 15 is 0 Å². The molecule has 2 aliphatic heterocycles. The Kier molecular flexibility index (Phi) is 4.57. The number of fused-ring (bicyclic) bond motifs is 1. The number of carbonyl (C=O) groups excluding carboxylic acids is 2. The Labute approximate surface area is 172 Å². The number of benzene rings is 1. The van der Waals surface area contributed by atoms with Crippen LogP contribution in [0, 0.1) is 5.41 Å². The summed E-state index contributed by atoms with van der Waals surface area (Å²) in [4.78, 5) is 25.8. The Balaban J connectivity index is 1.46. The second-order valence-electron chi connectivity index (χ2n) is 7.40. The van der Waals surface area contributed by atoms with Gasteiger partial charge in [-0.2, -0.15) is 4.31 Å². The summed E-state index contributed by atoms with van der Waals surface area (Å²) in [5, 5.41) is 2.60. The van der Waals surface area contributed by atoms with Gasteiger partial charge < -0.3 is 15.0 Å². The van der Waals surface area contributed by atoms with E-state index in [1.165, 1.54) is 22.5 Å². The number of halogens is 2. The quantitative estimate of drug-likeness (QED) is 0.706. The fraction of sp³-hybridized carbons (Fsp3) is 0.529. The summed E-state index contributed by atoms with van der Waals surface area (Å²) in [6, 6.07) is 4.36. The number of hydrogen-bond donors (Lipinski definition) is 1. The van der Waals surface area contributed by atoms with Crippen LogP contribution < -0.4 is 10.1 Å². The molecule has 1 aromatic rings. The van der Waals surface area contributed by atoms with Crippen LogP contribution >= 0.6 is 23.2 Å². The van der Waals surface area contributed by atoms with Crippen LogP contribution in [-0.2, 0) is 19.6 Å². The first-order valence-corrected chi connectivity index (χ1v) is 11.0. The number of hydrogen-bond acceptors (Lipinski definition) is 5. The summed E-state index contributed by atoms with van der Waals surface area (Å²) in [6.45, 7) is 2.50. The minimum atomic E-state index is -3.77. The number of nitrogens with zero attached hydrogens (tertiary/aromatic N) is 2. The largest absolute Gasteiger partial charge is 0.482 e. The average molecular weight is 448 g/mol. The van der Waals surface area contributed by atoms with Crippen LogP contribution in [0.2, 0.25) is 0 Å². The van der Waals surface area contributed by atoms with Crippen molar-refractivity contribution in [2.24, 2.45) is 5.41 Å². The fourth-order valence-corrected chi connectivity index (χ4v) is 5.63. The van der Waals surface area contributed by atoms with Crippen molar-refractivity contribution < 1.29 is 22.7 Å². The minimum Gasteiger partial charge on any atom is -0.482 e. The smallest absolute Gasteiger partial charge is 0.262 e. The lowest BCUT2D eigenvalue weighted by molar-refractivity contribution is -0.137. The molecule has 1 unspecified atom stereocenters. The highest BCUT2D eigenvalue weighted by atomic mass is 35.5. The van der Waals surface area contributed by atoms with E-state index in [1.54, 1.807) is 11.8 Å². The summed E-state index contributed by atoms with van der Waals surface area (Å²) >= 11 is 12.2. The lowest BCUT2D eigenvalue weighted by Crippen LogP contribution is -2.52. The van der Waals surface area contributed by atoms with Crippen LogP contribution in [0.1, 0.15) is 13.3 Å². The van der Waals surface area contributed by atoms with E-state index in [0.717, 1.165) is 0 Å². The molecule has 8 nitrogen and oxygen atoms in total. The zero-order valence-electron chi connectivity index (χ0n) is 15.1. The third-order valence-corrected chi connectivity index (χ3v) is 8.47. The van der Waals surface area contributed by atoms with Gasteiger partial charge in [0.05, 0.1) is 16.0 Å². The highest BCUT2D eigenvalue weighted by Crippen LogP contribution is 2.64. The van der Waals surface area contributed by atoms with E-state index in [2.05, 4.69) is 5.32 Å². The van der Waals surface area contributed by atoms with Crippen molar-refractivity contribution in [3.8, 4) is 5.75 Å². The summed E-state index contributed by atoms with van der Waals surface area (Å²) < 4.78 is 31.5. The van der Waals surface area contributed by atoms with Gasteiger partial charge in [0.25, 0.3) is 5.91 Å². The van der Waals surface area contributed by atoms with E-state index in [-0.39, 0.29) is 49.5 Å².